The summed E-state index contributed by atoms with van der Waals surface area (Å²) in [4.78, 5) is 57.2. The van der Waals surface area contributed by atoms with Gasteiger partial charge < -0.3 is 25.2 Å². The fourth-order valence-corrected chi connectivity index (χ4v) is 9.55. The van der Waals surface area contributed by atoms with E-state index in [1.807, 2.05) is 41.4 Å². The fraction of sp³-hybridized carbons (Fsp3) is 0.476. The Labute approximate surface area is 321 Å². The molecule has 5 aliphatic heterocycles. The topological polar surface area (TPSA) is 140 Å². The number of hydrogen-bond acceptors (Lipinski definition) is 10. The van der Waals surface area contributed by atoms with Crippen molar-refractivity contribution >= 4 is 45.8 Å². The Morgan fingerprint density at radius 3 is 2.45 bits per heavy atom. The number of fused-ring (bicyclic) bond motifs is 2. The molecule has 3 atom stereocenters. The number of amides is 3. The van der Waals surface area contributed by atoms with E-state index in [0.717, 1.165) is 105 Å². The van der Waals surface area contributed by atoms with Crippen LogP contribution in [0.1, 0.15) is 78.0 Å². The number of aromatic nitrogens is 2. The summed E-state index contributed by atoms with van der Waals surface area (Å²) in [6, 6.07) is 18.0. The summed E-state index contributed by atoms with van der Waals surface area (Å²) in [6.45, 7) is 8.55. The molecule has 3 amide bonds. The SMILES string of the molecule is CN1CCC[C@@H]1c1cc2cnc(NC(=O)c3ccc(N4CCN(CC5CCN(c6cccc7c6CN(C6CCC(=O)NC6=O)C7O)CC5)CC4)cc3)cc2[nH]1. The maximum atomic E-state index is 13.2. The molecule has 0 radical (unpaired) electrons. The van der Waals surface area contributed by atoms with Gasteiger partial charge in [-0.15, -0.1) is 0 Å². The zero-order valence-electron chi connectivity index (χ0n) is 31.5. The van der Waals surface area contributed by atoms with Crippen LogP contribution in [0, 0.1) is 5.92 Å². The number of piperazine rings is 1. The molecule has 288 valence electrons. The largest absolute Gasteiger partial charge is 0.374 e. The van der Waals surface area contributed by atoms with Crippen LogP contribution in [0.25, 0.3) is 10.9 Å². The predicted molar refractivity (Wildman–Crippen MR) is 212 cm³/mol. The van der Waals surface area contributed by atoms with E-state index in [2.05, 4.69) is 71.5 Å². The van der Waals surface area contributed by atoms with Gasteiger partial charge in [0.25, 0.3) is 5.91 Å². The number of nitrogens with one attached hydrogen (secondary N) is 3. The quantitative estimate of drug-likeness (QED) is 0.194. The minimum absolute atomic E-state index is 0.167. The first-order chi connectivity index (χ1) is 26.8. The van der Waals surface area contributed by atoms with Crippen molar-refractivity contribution in [1.29, 1.82) is 0 Å². The number of aliphatic hydroxyl groups excluding tert-OH is 1. The van der Waals surface area contributed by atoms with E-state index in [4.69, 9.17) is 0 Å². The van der Waals surface area contributed by atoms with Gasteiger partial charge in [0, 0.05) is 111 Å². The van der Waals surface area contributed by atoms with E-state index in [1.165, 1.54) is 12.1 Å². The molecule has 13 heteroatoms. The third-order valence-corrected chi connectivity index (χ3v) is 12.7. The third kappa shape index (κ3) is 7.21. The number of rotatable bonds is 8. The zero-order chi connectivity index (χ0) is 37.6. The first-order valence-corrected chi connectivity index (χ1v) is 20.0. The minimum atomic E-state index is -0.848. The molecule has 55 heavy (non-hydrogen) atoms. The summed E-state index contributed by atoms with van der Waals surface area (Å²) >= 11 is 0. The lowest BCUT2D eigenvalue weighted by Crippen LogP contribution is -2.51. The maximum Gasteiger partial charge on any atom is 0.256 e. The lowest BCUT2D eigenvalue weighted by atomic mass is 9.94. The van der Waals surface area contributed by atoms with Crippen molar-refractivity contribution in [3.63, 3.8) is 0 Å². The second-order valence-electron chi connectivity index (χ2n) is 16.1. The van der Waals surface area contributed by atoms with Crippen molar-refractivity contribution in [3.8, 4) is 0 Å². The number of piperidine rings is 2. The molecular formula is C42H51N9O4. The van der Waals surface area contributed by atoms with Gasteiger partial charge in [0.05, 0.1) is 11.6 Å². The molecule has 4 N–H and O–H groups in total. The number of aliphatic hydroxyl groups is 1. The number of aromatic amines is 1. The number of imide groups is 1. The number of anilines is 3. The van der Waals surface area contributed by atoms with Gasteiger partial charge in [0.2, 0.25) is 11.8 Å². The van der Waals surface area contributed by atoms with Crippen LogP contribution in [-0.4, -0.2) is 113 Å². The highest BCUT2D eigenvalue weighted by Gasteiger charge is 2.41. The highest BCUT2D eigenvalue weighted by molar-refractivity contribution is 6.04. The van der Waals surface area contributed by atoms with Crippen LogP contribution in [-0.2, 0) is 16.1 Å². The normalized spacial score (nSPS) is 24.4. The van der Waals surface area contributed by atoms with Crippen molar-refractivity contribution in [2.75, 3.05) is 74.5 Å². The zero-order valence-corrected chi connectivity index (χ0v) is 31.5. The predicted octanol–water partition coefficient (Wildman–Crippen LogP) is 4.23. The summed E-state index contributed by atoms with van der Waals surface area (Å²) < 4.78 is 0. The van der Waals surface area contributed by atoms with Crippen LogP contribution in [0.2, 0.25) is 0 Å². The van der Waals surface area contributed by atoms with E-state index in [1.54, 1.807) is 0 Å². The lowest BCUT2D eigenvalue weighted by molar-refractivity contribution is -0.141. The average Bonchev–Trinajstić information content (AvgIpc) is 3.92. The number of hydrogen-bond donors (Lipinski definition) is 4. The first kappa shape index (κ1) is 35.9. The third-order valence-electron chi connectivity index (χ3n) is 12.7. The molecule has 4 saturated heterocycles. The highest BCUT2D eigenvalue weighted by Crippen LogP contribution is 2.41. The molecule has 0 bridgehead atoms. The summed E-state index contributed by atoms with van der Waals surface area (Å²) in [5.74, 6) is 0.446. The second kappa shape index (κ2) is 15.0. The maximum absolute atomic E-state index is 13.2. The van der Waals surface area contributed by atoms with Gasteiger partial charge in [0.15, 0.2) is 0 Å². The highest BCUT2D eigenvalue weighted by atomic mass is 16.3. The van der Waals surface area contributed by atoms with E-state index >= 15 is 0 Å². The van der Waals surface area contributed by atoms with Gasteiger partial charge in [-0.05, 0) is 93.6 Å². The minimum Gasteiger partial charge on any atom is -0.374 e. The van der Waals surface area contributed by atoms with Gasteiger partial charge in [0.1, 0.15) is 12.0 Å². The number of benzene rings is 2. The first-order valence-electron chi connectivity index (χ1n) is 20.0. The molecule has 2 aromatic carbocycles. The van der Waals surface area contributed by atoms with Gasteiger partial charge >= 0.3 is 0 Å². The molecule has 0 saturated carbocycles. The number of carbonyl (C=O) groups is 3. The molecule has 7 heterocycles. The summed E-state index contributed by atoms with van der Waals surface area (Å²) in [5, 5.41) is 17.6. The van der Waals surface area contributed by atoms with E-state index in [-0.39, 0.29) is 17.7 Å². The van der Waals surface area contributed by atoms with E-state index < -0.39 is 12.3 Å². The molecule has 2 aromatic heterocycles. The Hall–Kier alpha value is -4.82. The summed E-state index contributed by atoms with van der Waals surface area (Å²) in [6.07, 6.45) is 6.28. The molecular weight excluding hydrogens is 695 g/mol. The molecule has 5 aliphatic rings. The Morgan fingerprint density at radius 1 is 0.909 bits per heavy atom. The van der Waals surface area contributed by atoms with Crippen LogP contribution >= 0.6 is 0 Å². The van der Waals surface area contributed by atoms with E-state index in [9.17, 15) is 19.5 Å². The van der Waals surface area contributed by atoms with Gasteiger partial charge in [-0.25, -0.2) is 4.98 Å². The monoisotopic (exact) mass is 745 g/mol. The van der Waals surface area contributed by atoms with Crippen molar-refractivity contribution in [2.24, 2.45) is 5.92 Å². The van der Waals surface area contributed by atoms with Gasteiger partial charge in [-0.2, -0.15) is 0 Å². The van der Waals surface area contributed by atoms with Crippen LogP contribution in [0.4, 0.5) is 17.2 Å². The Kier molecular flexibility index (Phi) is 9.79. The second-order valence-corrected chi connectivity index (χ2v) is 16.1. The number of carbonyl (C=O) groups excluding carboxylic acids is 3. The molecule has 0 aliphatic carbocycles. The average molecular weight is 746 g/mol. The molecule has 4 fully saturated rings. The molecule has 2 unspecified atom stereocenters. The summed E-state index contributed by atoms with van der Waals surface area (Å²) in [5.41, 5.74) is 7.04. The molecule has 0 spiro atoms. The smallest absolute Gasteiger partial charge is 0.256 e. The molecule has 9 rings (SSSR count). The van der Waals surface area contributed by atoms with Crippen molar-refractivity contribution < 1.29 is 19.5 Å². The van der Waals surface area contributed by atoms with Crippen LogP contribution in [0.3, 0.4) is 0 Å². The van der Waals surface area contributed by atoms with Crippen molar-refractivity contribution in [2.45, 2.75) is 63.4 Å². The Balaban J connectivity index is 0.740. The van der Waals surface area contributed by atoms with Gasteiger partial charge in [-0.1, -0.05) is 12.1 Å². The molecule has 4 aromatic rings. The lowest BCUT2D eigenvalue weighted by Gasteiger charge is -2.40. The van der Waals surface area contributed by atoms with E-state index in [0.29, 0.717) is 42.7 Å². The number of nitrogens with zero attached hydrogens (tertiary/aromatic N) is 6. The van der Waals surface area contributed by atoms with Gasteiger partial charge in [-0.3, -0.25) is 34.4 Å². The van der Waals surface area contributed by atoms with Crippen LogP contribution < -0.4 is 20.4 Å². The number of pyridine rings is 1. The van der Waals surface area contributed by atoms with Crippen molar-refractivity contribution in [1.82, 2.24) is 30.0 Å². The Morgan fingerprint density at radius 2 is 1.71 bits per heavy atom. The summed E-state index contributed by atoms with van der Waals surface area (Å²) in [7, 11) is 2.17. The molecule has 13 nitrogen and oxygen atoms in total. The van der Waals surface area contributed by atoms with Crippen LogP contribution in [0.15, 0.2) is 60.8 Å². The van der Waals surface area contributed by atoms with Crippen LogP contribution in [0.5, 0.6) is 0 Å². The number of likely N-dealkylation sites (tertiary alicyclic amines) is 1. The number of H-pyrrole nitrogens is 1. The van der Waals surface area contributed by atoms with Crippen molar-refractivity contribution in [3.05, 3.63) is 83.2 Å². The fourth-order valence-electron chi connectivity index (χ4n) is 9.55. The standard InChI is InChI=1S/C42H51N9O4/c1-47-15-3-6-36(47)34-22-29-24-43-38(23-33(29)44-34)45-40(53)28-7-9-30(10-8-28)49-20-18-48(19-21-49)25-27-13-16-50(17-14-27)35-5-2-4-31-32(35)26-51(42(31)55)37-11-12-39(52)46-41(37)54/h2,4-5,7-10,22-24,27,36-37,42,44,55H,3,6,11-21,25-26H2,1H3,(H,43,45,53)(H,46,52,54)/t36-,37?,42?/m1/s1. The Bertz CT molecular complexity index is 2070.